The van der Waals surface area contributed by atoms with Gasteiger partial charge in [-0.3, -0.25) is 0 Å². The van der Waals surface area contributed by atoms with Gasteiger partial charge in [0.15, 0.2) is 0 Å². The lowest BCUT2D eigenvalue weighted by Crippen LogP contribution is -2.15. The van der Waals surface area contributed by atoms with E-state index in [-0.39, 0.29) is 5.75 Å². The molecule has 0 aromatic heterocycles. The average Bonchev–Trinajstić information content (AvgIpc) is 2.00. The highest BCUT2D eigenvalue weighted by Crippen LogP contribution is 2.26. The maximum Gasteiger partial charge on any atom is 0.487 e. The molecule has 0 radical (unpaired) electrons. The highest BCUT2D eigenvalue weighted by molar-refractivity contribution is 7.86. The van der Waals surface area contributed by atoms with Crippen molar-refractivity contribution < 1.29 is 25.8 Å². The molecule has 84 valence electrons. The first-order chi connectivity index (χ1) is 6.68. The minimum Gasteiger partial charge on any atom is -0.420 e. The lowest BCUT2D eigenvalue weighted by molar-refractivity contribution is -0.0964. The fraction of sp³-hybridized carbons (Fsp3) is 0.143. The predicted molar refractivity (Wildman–Crippen MR) is 46.2 cm³/mol. The summed E-state index contributed by atoms with van der Waals surface area (Å²) in [7, 11) is -4.84. The summed E-state index contributed by atoms with van der Waals surface area (Å²) in [6.07, 6.45) is 0. The molecule has 1 aromatic carbocycles. The predicted octanol–water partition coefficient (Wildman–Crippen LogP) is 2.51. The Balaban J connectivity index is 2.92. The summed E-state index contributed by atoms with van der Waals surface area (Å²) in [6.45, 7) is 0. The lowest BCUT2D eigenvalue weighted by Gasteiger charge is -2.09. The van der Waals surface area contributed by atoms with Crippen molar-refractivity contribution in [3.8, 4) is 5.75 Å². The van der Waals surface area contributed by atoms with Crippen molar-refractivity contribution in [3.63, 3.8) is 0 Å². The van der Waals surface area contributed by atoms with E-state index in [4.69, 9.17) is 0 Å². The van der Waals surface area contributed by atoms with Gasteiger partial charge in [-0.15, -0.1) is 12.7 Å². The van der Waals surface area contributed by atoms with Crippen molar-refractivity contribution in [2.75, 3.05) is 0 Å². The van der Waals surface area contributed by atoms with Crippen LogP contribution in [-0.4, -0.2) is 14.0 Å². The standard InChI is InChI=1S/C7H4ClF3O3S/c8-7(9,10)14-5-1-3-6(4-2-5)15(11,12)13/h1-4H. The van der Waals surface area contributed by atoms with Gasteiger partial charge in [-0.2, -0.15) is 8.42 Å². The maximum absolute atomic E-state index is 12.3. The van der Waals surface area contributed by atoms with Gasteiger partial charge in [-0.1, -0.05) is 0 Å². The van der Waals surface area contributed by atoms with Crippen LogP contribution in [0.15, 0.2) is 29.2 Å². The van der Waals surface area contributed by atoms with E-state index < -0.39 is 20.7 Å². The summed E-state index contributed by atoms with van der Waals surface area (Å²) >= 11 is 4.45. The maximum atomic E-state index is 12.3. The molecular weight excluding hydrogens is 257 g/mol. The van der Waals surface area contributed by atoms with Crippen molar-refractivity contribution in [2.24, 2.45) is 0 Å². The van der Waals surface area contributed by atoms with E-state index in [0.29, 0.717) is 0 Å². The van der Waals surface area contributed by atoms with E-state index in [0.717, 1.165) is 24.3 Å². The first-order valence-corrected chi connectivity index (χ1v) is 5.25. The Hall–Kier alpha value is -0.950. The van der Waals surface area contributed by atoms with Crippen LogP contribution in [0.5, 0.6) is 5.75 Å². The summed E-state index contributed by atoms with van der Waals surface area (Å²) in [4.78, 5) is -0.646. The van der Waals surface area contributed by atoms with Crippen LogP contribution in [0.25, 0.3) is 0 Å². The Kier molecular flexibility index (Phi) is 3.15. The van der Waals surface area contributed by atoms with Crippen LogP contribution in [0.1, 0.15) is 0 Å². The van der Waals surface area contributed by atoms with Crippen LogP contribution in [0, 0.1) is 0 Å². The van der Waals surface area contributed by atoms with Gasteiger partial charge in [0.25, 0.3) is 0 Å². The molecule has 0 spiro atoms. The van der Waals surface area contributed by atoms with Gasteiger partial charge in [0.1, 0.15) is 5.75 Å². The van der Waals surface area contributed by atoms with Crippen LogP contribution in [0.2, 0.25) is 0 Å². The van der Waals surface area contributed by atoms with Crippen molar-refractivity contribution in [1.29, 1.82) is 0 Å². The smallest absolute Gasteiger partial charge is 0.420 e. The second-order valence-electron chi connectivity index (χ2n) is 2.46. The second kappa shape index (κ2) is 3.90. The molecule has 0 saturated carbocycles. The first kappa shape index (κ1) is 12.1. The van der Waals surface area contributed by atoms with E-state index in [9.17, 15) is 21.1 Å². The lowest BCUT2D eigenvalue weighted by atomic mass is 10.3. The molecule has 0 aliphatic heterocycles. The van der Waals surface area contributed by atoms with Gasteiger partial charge in [-0.25, -0.2) is 0 Å². The molecule has 0 heterocycles. The summed E-state index contributed by atoms with van der Waals surface area (Å²) in [5.41, 5.74) is -3.89. The Morgan fingerprint density at radius 3 is 2.00 bits per heavy atom. The van der Waals surface area contributed by atoms with Crippen LogP contribution in [0.4, 0.5) is 12.7 Å². The molecule has 3 nitrogen and oxygen atoms in total. The number of hydrogen-bond donors (Lipinski definition) is 0. The third-order valence-electron chi connectivity index (χ3n) is 1.34. The molecule has 0 aliphatic carbocycles. The fourth-order valence-corrected chi connectivity index (χ4v) is 1.35. The molecule has 0 saturated heterocycles. The molecule has 0 N–H and O–H groups in total. The third kappa shape index (κ3) is 3.96. The van der Waals surface area contributed by atoms with E-state index in [1.54, 1.807) is 0 Å². The summed E-state index contributed by atoms with van der Waals surface area (Å²) in [5, 5.41) is 0. The van der Waals surface area contributed by atoms with Crippen LogP contribution in [0.3, 0.4) is 0 Å². The average molecular weight is 261 g/mol. The monoisotopic (exact) mass is 260 g/mol. The molecule has 0 unspecified atom stereocenters. The molecule has 0 aliphatic rings. The summed E-state index contributed by atoms with van der Waals surface area (Å²) < 4.78 is 61.1. The Labute approximate surface area is 88.6 Å². The van der Waals surface area contributed by atoms with Crippen molar-refractivity contribution in [1.82, 2.24) is 0 Å². The molecule has 1 aromatic rings. The fourth-order valence-electron chi connectivity index (χ4n) is 0.804. The summed E-state index contributed by atoms with van der Waals surface area (Å²) in [5.74, 6) is -0.373. The molecule has 0 bridgehead atoms. The topological polar surface area (TPSA) is 43.4 Å². The SMILES string of the molecule is O=S(=O)(F)c1ccc(OC(F)(F)Cl)cc1. The van der Waals surface area contributed by atoms with Gasteiger partial charge in [0.05, 0.1) is 4.90 Å². The molecule has 1 rings (SSSR count). The number of alkyl halides is 3. The first-order valence-electron chi connectivity index (χ1n) is 3.49. The van der Waals surface area contributed by atoms with Gasteiger partial charge < -0.3 is 4.74 Å². The highest BCUT2D eigenvalue weighted by atomic mass is 35.5. The zero-order valence-corrected chi connectivity index (χ0v) is 8.53. The third-order valence-corrected chi connectivity index (χ3v) is 2.25. The van der Waals surface area contributed by atoms with Gasteiger partial charge in [-0.05, 0) is 24.3 Å². The molecule has 0 amide bonds. The molecule has 15 heavy (non-hydrogen) atoms. The largest absolute Gasteiger partial charge is 0.487 e. The van der Waals surface area contributed by atoms with Crippen molar-refractivity contribution in [3.05, 3.63) is 24.3 Å². The molecular formula is C7H4ClF3O3S. The Morgan fingerprint density at radius 1 is 1.20 bits per heavy atom. The van der Waals surface area contributed by atoms with Crippen molar-refractivity contribution >= 4 is 21.8 Å². The number of hydrogen-bond acceptors (Lipinski definition) is 3. The van der Waals surface area contributed by atoms with Crippen molar-refractivity contribution in [2.45, 2.75) is 10.5 Å². The summed E-state index contributed by atoms with van der Waals surface area (Å²) in [6, 6.07) is 3.30. The number of halogens is 4. The van der Waals surface area contributed by atoms with Crippen LogP contribution < -0.4 is 4.74 Å². The van der Waals surface area contributed by atoms with Gasteiger partial charge in [0.2, 0.25) is 0 Å². The molecule has 8 heteroatoms. The van der Waals surface area contributed by atoms with Gasteiger partial charge in [0, 0.05) is 11.6 Å². The molecule has 0 atom stereocenters. The minimum atomic E-state index is -4.84. The van der Waals surface area contributed by atoms with Crippen LogP contribution in [-0.2, 0) is 10.2 Å². The quantitative estimate of drug-likeness (QED) is 0.619. The zero-order chi connectivity index (χ0) is 11.7. The van der Waals surface area contributed by atoms with E-state index >= 15 is 0 Å². The zero-order valence-electron chi connectivity index (χ0n) is 6.95. The number of rotatable bonds is 3. The van der Waals surface area contributed by atoms with Crippen LogP contribution >= 0.6 is 11.6 Å². The second-order valence-corrected chi connectivity index (χ2v) is 4.24. The molecule has 0 fully saturated rings. The normalized spacial score (nSPS) is 12.5. The van der Waals surface area contributed by atoms with E-state index in [1.807, 2.05) is 0 Å². The van der Waals surface area contributed by atoms with Gasteiger partial charge >= 0.3 is 15.8 Å². The van der Waals surface area contributed by atoms with E-state index in [2.05, 4.69) is 16.3 Å². The highest BCUT2D eigenvalue weighted by Gasteiger charge is 2.27. The minimum absolute atomic E-state index is 0.373. The Bertz CT molecular complexity index is 438. The number of benzene rings is 1. The Morgan fingerprint density at radius 2 is 1.67 bits per heavy atom. The number of ether oxygens (including phenoxy) is 1. The van der Waals surface area contributed by atoms with E-state index in [1.165, 1.54) is 0 Å².